The maximum absolute atomic E-state index is 13.6. The van der Waals surface area contributed by atoms with Crippen LogP contribution in [0.1, 0.15) is 0 Å². The minimum Gasteiger partial charge on any atom is -0.399 e. The second kappa shape index (κ2) is 4.36. The molecule has 0 radical (unpaired) electrons. The molecule has 3 aromatic rings. The van der Waals surface area contributed by atoms with Gasteiger partial charge in [-0.15, -0.1) is 0 Å². The Bertz CT molecular complexity index is 761. The lowest BCUT2D eigenvalue weighted by atomic mass is 10.3. The van der Waals surface area contributed by atoms with Crippen molar-refractivity contribution >= 4 is 39.8 Å². The van der Waals surface area contributed by atoms with Gasteiger partial charge in [-0.3, -0.25) is 4.98 Å². The molecule has 2 heterocycles. The van der Waals surface area contributed by atoms with Crippen molar-refractivity contribution in [2.75, 3.05) is 5.73 Å². The third kappa shape index (κ3) is 2.01. The molecule has 0 aliphatic carbocycles. The van der Waals surface area contributed by atoms with Gasteiger partial charge in [0.15, 0.2) is 5.82 Å². The summed E-state index contributed by atoms with van der Waals surface area (Å²) in [5.74, 6) is -0.501. The highest BCUT2D eigenvalue weighted by atomic mass is 35.5. The Balaban J connectivity index is 2.28. The first-order valence-corrected chi connectivity index (χ1v) is 6.05. The molecule has 4 nitrogen and oxygen atoms in total. The first kappa shape index (κ1) is 12.2. The van der Waals surface area contributed by atoms with E-state index in [0.717, 1.165) is 6.20 Å². The third-order valence-corrected chi connectivity index (χ3v) is 3.21. The molecule has 0 fully saturated rings. The van der Waals surface area contributed by atoms with Crippen LogP contribution in [-0.2, 0) is 0 Å². The van der Waals surface area contributed by atoms with Crippen LogP contribution >= 0.6 is 23.2 Å². The van der Waals surface area contributed by atoms with E-state index in [1.165, 1.54) is 10.9 Å². The van der Waals surface area contributed by atoms with Gasteiger partial charge in [-0.1, -0.05) is 23.2 Å². The highest BCUT2D eigenvalue weighted by Crippen LogP contribution is 2.31. The quantitative estimate of drug-likeness (QED) is 0.700. The fourth-order valence-corrected chi connectivity index (χ4v) is 2.51. The molecule has 0 saturated carbocycles. The molecule has 2 aromatic heterocycles. The van der Waals surface area contributed by atoms with E-state index in [2.05, 4.69) is 10.1 Å². The number of nitrogen functional groups attached to an aromatic ring is 1. The lowest BCUT2D eigenvalue weighted by Crippen LogP contribution is -1.98. The summed E-state index contributed by atoms with van der Waals surface area (Å²) in [7, 11) is 0. The van der Waals surface area contributed by atoms with E-state index in [9.17, 15) is 4.39 Å². The van der Waals surface area contributed by atoms with Gasteiger partial charge < -0.3 is 5.73 Å². The number of hydrogen-bond acceptors (Lipinski definition) is 3. The zero-order chi connectivity index (χ0) is 13.6. The fraction of sp³-hybridized carbons (Fsp3) is 0. The summed E-state index contributed by atoms with van der Waals surface area (Å²) in [5.41, 5.74) is 6.74. The van der Waals surface area contributed by atoms with E-state index in [4.69, 9.17) is 28.9 Å². The zero-order valence-electron chi connectivity index (χ0n) is 9.44. The van der Waals surface area contributed by atoms with Crippen molar-refractivity contribution in [3.63, 3.8) is 0 Å². The normalized spacial score (nSPS) is 11.1. The molecule has 0 amide bonds. The lowest BCUT2D eigenvalue weighted by Gasteiger charge is -2.07. The maximum Gasteiger partial charge on any atom is 0.169 e. The van der Waals surface area contributed by atoms with Crippen molar-refractivity contribution in [3.05, 3.63) is 46.6 Å². The predicted molar refractivity (Wildman–Crippen MR) is 73.3 cm³/mol. The van der Waals surface area contributed by atoms with Crippen LogP contribution in [0.5, 0.6) is 0 Å². The third-order valence-electron chi connectivity index (χ3n) is 2.64. The van der Waals surface area contributed by atoms with Gasteiger partial charge in [-0.25, -0.2) is 9.07 Å². The average Bonchev–Trinajstić information content (AvgIpc) is 2.72. The lowest BCUT2D eigenvalue weighted by molar-refractivity contribution is 0.629. The van der Waals surface area contributed by atoms with Crippen LogP contribution in [0.3, 0.4) is 0 Å². The molecule has 3 rings (SSSR count). The highest BCUT2D eigenvalue weighted by Gasteiger charge is 2.13. The van der Waals surface area contributed by atoms with Crippen LogP contribution in [0, 0.1) is 5.82 Å². The number of fused-ring (bicyclic) bond motifs is 1. The van der Waals surface area contributed by atoms with Gasteiger partial charge >= 0.3 is 0 Å². The molecule has 1 aromatic carbocycles. The molecule has 7 heteroatoms. The molecule has 0 unspecified atom stereocenters. The van der Waals surface area contributed by atoms with Crippen molar-refractivity contribution in [3.8, 4) is 5.69 Å². The van der Waals surface area contributed by atoms with E-state index >= 15 is 0 Å². The van der Waals surface area contributed by atoms with E-state index in [1.54, 1.807) is 18.3 Å². The van der Waals surface area contributed by atoms with Crippen molar-refractivity contribution in [1.82, 2.24) is 14.8 Å². The standard InChI is InChI=1S/C12H7Cl2FN4/c13-8-1-7(16)2-9(14)12(8)19-5-6-3-17-4-10(15)11(6)18-19/h1-5H,16H2. The smallest absolute Gasteiger partial charge is 0.169 e. The maximum atomic E-state index is 13.6. The van der Waals surface area contributed by atoms with E-state index < -0.39 is 5.82 Å². The van der Waals surface area contributed by atoms with Crippen LogP contribution in [0.15, 0.2) is 30.7 Å². The molecule has 19 heavy (non-hydrogen) atoms. The molecular weight excluding hydrogens is 290 g/mol. The number of aromatic nitrogens is 3. The largest absolute Gasteiger partial charge is 0.399 e. The summed E-state index contributed by atoms with van der Waals surface area (Å²) in [6.07, 6.45) is 4.22. The zero-order valence-corrected chi connectivity index (χ0v) is 11.0. The topological polar surface area (TPSA) is 56.7 Å². The molecule has 0 saturated heterocycles. The van der Waals surface area contributed by atoms with E-state index in [1.807, 2.05) is 0 Å². The SMILES string of the molecule is Nc1cc(Cl)c(-n2cc3cncc(F)c3n2)c(Cl)c1. The second-order valence-electron chi connectivity index (χ2n) is 3.97. The van der Waals surface area contributed by atoms with E-state index in [0.29, 0.717) is 26.8 Å². The van der Waals surface area contributed by atoms with Gasteiger partial charge in [0.1, 0.15) is 11.2 Å². The van der Waals surface area contributed by atoms with Gasteiger partial charge in [0.2, 0.25) is 0 Å². The number of anilines is 1. The van der Waals surface area contributed by atoms with Crippen LogP contribution in [0.4, 0.5) is 10.1 Å². The summed E-state index contributed by atoms with van der Waals surface area (Å²) in [5, 5.41) is 5.36. The van der Waals surface area contributed by atoms with Gasteiger partial charge in [-0.2, -0.15) is 5.10 Å². The van der Waals surface area contributed by atoms with Crippen molar-refractivity contribution in [1.29, 1.82) is 0 Å². The number of hydrogen-bond donors (Lipinski definition) is 1. The van der Waals surface area contributed by atoms with Gasteiger partial charge in [0.05, 0.1) is 16.2 Å². The molecule has 2 N–H and O–H groups in total. The highest BCUT2D eigenvalue weighted by molar-refractivity contribution is 6.38. The number of halogens is 3. The first-order chi connectivity index (χ1) is 9.06. The Hall–Kier alpha value is -1.85. The van der Waals surface area contributed by atoms with Crippen LogP contribution in [0.25, 0.3) is 16.6 Å². The van der Waals surface area contributed by atoms with Crippen LogP contribution < -0.4 is 5.73 Å². The van der Waals surface area contributed by atoms with E-state index in [-0.39, 0.29) is 5.52 Å². The number of benzene rings is 1. The molecule has 96 valence electrons. The average molecular weight is 297 g/mol. The number of nitrogens with zero attached hydrogens (tertiary/aromatic N) is 3. The Morgan fingerprint density at radius 3 is 2.47 bits per heavy atom. The van der Waals surface area contributed by atoms with Crippen molar-refractivity contribution in [2.24, 2.45) is 0 Å². The monoisotopic (exact) mass is 296 g/mol. The van der Waals surface area contributed by atoms with Gasteiger partial charge in [0, 0.05) is 23.5 Å². The molecular formula is C12H7Cl2FN4. The van der Waals surface area contributed by atoms with Crippen LogP contribution in [0.2, 0.25) is 10.0 Å². The number of pyridine rings is 1. The molecule has 0 aliphatic rings. The molecule has 0 spiro atoms. The van der Waals surface area contributed by atoms with Crippen LogP contribution in [-0.4, -0.2) is 14.8 Å². The number of rotatable bonds is 1. The Labute approximate surface area is 117 Å². The Kier molecular flexibility index (Phi) is 2.80. The minimum absolute atomic E-state index is 0.207. The first-order valence-electron chi connectivity index (χ1n) is 5.30. The van der Waals surface area contributed by atoms with Crippen molar-refractivity contribution < 1.29 is 4.39 Å². The summed E-state index contributed by atoms with van der Waals surface area (Å²) in [4.78, 5) is 3.76. The summed E-state index contributed by atoms with van der Waals surface area (Å²) in [6.45, 7) is 0. The summed E-state index contributed by atoms with van der Waals surface area (Å²) in [6, 6.07) is 3.12. The molecule has 0 atom stereocenters. The number of nitrogens with two attached hydrogens (primary N) is 1. The van der Waals surface area contributed by atoms with Gasteiger partial charge in [-0.05, 0) is 12.1 Å². The summed E-state index contributed by atoms with van der Waals surface area (Å²) < 4.78 is 15.0. The predicted octanol–water partition coefficient (Wildman–Crippen LogP) is 3.45. The van der Waals surface area contributed by atoms with Gasteiger partial charge in [0.25, 0.3) is 0 Å². The van der Waals surface area contributed by atoms with Crippen molar-refractivity contribution in [2.45, 2.75) is 0 Å². The molecule has 0 bridgehead atoms. The Morgan fingerprint density at radius 1 is 1.16 bits per heavy atom. The Morgan fingerprint density at radius 2 is 1.84 bits per heavy atom. The minimum atomic E-state index is -0.501. The molecule has 0 aliphatic heterocycles. The summed E-state index contributed by atoms with van der Waals surface area (Å²) >= 11 is 12.2. The second-order valence-corrected chi connectivity index (χ2v) is 4.78. The fourth-order valence-electron chi connectivity index (χ4n) is 1.83.